The van der Waals surface area contributed by atoms with Crippen molar-refractivity contribution in [3.05, 3.63) is 70.3 Å². The van der Waals surface area contributed by atoms with Gasteiger partial charge in [0.15, 0.2) is 0 Å². The van der Waals surface area contributed by atoms with Gasteiger partial charge in [-0.25, -0.2) is 0 Å². The largest absolute Gasteiger partial charge is 0.394 e. The number of nitrogens with zero attached hydrogens (tertiary/aromatic N) is 1. The summed E-state index contributed by atoms with van der Waals surface area (Å²) < 4.78 is 5.66. The van der Waals surface area contributed by atoms with Crippen LogP contribution in [-0.4, -0.2) is 51.4 Å². The molecular weight excluding hydrogens is 382 g/mol. The Morgan fingerprint density at radius 2 is 1.67 bits per heavy atom. The predicted molar refractivity (Wildman–Crippen MR) is 112 cm³/mol. The maximum Gasteiger partial charge on any atom is 0.113 e. The molecule has 2 aromatic carbocycles. The summed E-state index contributed by atoms with van der Waals surface area (Å²) in [6.45, 7) is 1.69. The Kier molecular flexibility index (Phi) is 7.59. The number of benzene rings is 2. The second-order valence-corrected chi connectivity index (χ2v) is 7.87. The molecule has 1 aliphatic rings. The van der Waals surface area contributed by atoms with Crippen LogP contribution in [0.3, 0.4) is 0 Å². The third-order valence-electron chi connectivity index (χ3n) is 5.71. The van der Waals surface area contributed by atoms with E-state index >= 15 is 0 Å². The maximum absolute atomic E-state index is 10.4. The van der Waals surface area contributed by atoms with E-state index in [1.807, 2.05) is 0 Å². The second kappa shape index (κ2) is 10.2. The summed E-state index contributed by atoms with van der Waals surface area (Å²) in [6.07, 6.45) is -2.17. The number of hydrogen-bond donors (Lipinski definition) is 4. The molecule has 6 heteroatoms. The zero-order chi connectivity index (χ0) is 21.7. The van der Waals surface area contributed by atoms with Gasteiger partial charge in [0.05, 0.1) is 18.2 Å². The van der Waals surface area contributed by atoms with Crippen LogP contribution in [0.15, 0.2) is 42.5 Å². The summed E-state index contributed by atoms with van der Waals surface area (Å²) >= 11 is 0. The van der Waals surface area contributed by atoms with E-state index in [2.05, 4.69) is 37.3 Å². The van der Waals surface area contributed by atoms with Gasteiger partial charge in [0.2, 0.25) is 0 Å². The van der Waals surface area contributed by atoms with Crippen LogP contribution in [0.4, 0.5) is 0 Å². The molecule has 0 saturated carbocycles. The summed E-state index contributed by atoms with van der Waals surface area (Å²) in [7, 11) is 0. The highest BCUT2D eigenvalue weighted by molar-refractivity contribution is 5.44. The summed E-state index contributed by atoms with van der Waals surface area (Å²) in [5.41, 5.74) is 4.25. The van der Waals surface area contributed by atoms with Gasteiger partial charge in [0.25, 0.3) is 0 Å². The van der Waals surface area contributed by atoms with Gasteiger partial charge in [0.1, 0.15) is 30.5 Å². The lowest BCUT2D eigenvalue weighted by Gasteiger charge is -2.40. The molecule has 0 radical (unpaired) electrons. The molecule has 6 nitrogen and oxygen atoms in total. The third-order valence-corrected chi connectivity index (χ3v) is 5.71. The first-order valence-electron chi connectivity index (χ1n) is 10.4. The fourth-order valence-electron chi connectivity index (χ4n) is 3.85. The molecule has 0 aliphatic carbocycles. The maximum atomic E-state index is 10.4. The highest BCUT2D eigenvalue weighted by Gasteiger charge is 2.44. The second-order valence-electron chi connectivity index (χ2n) is 7.87. The number of unbranched alkanes of at least 4 members (excludes halogenated alkanes) is 1. The Morgan fingerprint density at radius 1 is 0.967 bits per heavy atom. The van der Waals surface area contributed by atoms with Crippen LogP contribution in [0.25, 0.3) is 0 Å². The number of aliphatic hydroxyl groups excluding tert-OH is 4. The minimum Gasteiger partial charge on any atom is -0.394 e. The topological polar surface area (TPSA) is 114 Å². The van der Waals surface area contributed by atoms with Crippen LogP contribution < -0.4 is 0 Å². The number of rotatable bonds is 7. The van der Waals surface area contributed by atoms with Gasteiger partial charge in [0, 0.05) is 0 Å². The fraction of sp³-hybridized carbons (Fsp3) is 0.458. The van der Waals surface area contributed by atoms with E-state index in [1.54, 1.807) is 18.2 Å². The van der Waals surface area contributed by atoms with Gasteiger partial charge in [-0.3, -0.25) is 0 Å². The Bertz CT molecular complexity index is 874. The van der Waals surface area contributed by atoms with Crippen LogP contribution in [0.1, 0.15) is 53.7 Å². The molecule has 4 N–H and O–H groups in total. The molecule has 0 amide bonds. The van der Waals surface area contributed by atoms with Crippen LogP contribution in [0.5, 0.6) is 0 Å². The van der Waals surface area contributed by atoms with Crippen molar-refractivity contribution >= 4 is 0 Å². The average molecular weight is 411 g/mol. The number of aryl methyl sites for hydroxylation is 1. The minimum absolute atomic E-state index is 0.477. The molecule has 0 spiro atoms. The van der Waals surface area contributed by atoms with Gasteiger partial charge in [-0.2, -0.15) is 5.26 Å². The number of aliphatic hydroxyl groups is 4. The van der Waals surface area contributed by atoms with Gasteiger partial charge < -0.3 is 25.2 Å². The Hall–Kier alpha value is -2.27. The quantitative estimate of drug-likeness (QED) is 0.554. The molecule has 1 fully saturated rings. The molecule has 1 unspecified atom stereocenters. The first-order chi connectivity index (χ1) is 14.5. The monoisotopic (exact) mass is 411 g/mol. The van der Waals surface area contributed by atoms with Crippen LogP contribution in [-0.2, 0) is 17.6 Å². The zero-order valence-electron chi connectivity index (χ0n) is 17.1. The molecule has 5 atom stereocenters. The molecular formula is C24H29NO5. The molecule has 2 aromatic rings. The summed E-state index contributed by atoms with van der Waals surface area (Å²) in [4.78, 5) is 0. The molecule has 30 heavy (non-hydrogen) atoms. The standard InChI is InChI=1S/C24H29NO5/c1-2-3-4-15-5-7-16(8-6-15)11-19-12-17(9-10-18(19)13-25)24-23(29)22(28)21(27)20(14-26)30-24/h5-10,12,20-24,26-29H,2-4,11,14H2,1H3/t20-,21-,22?,23-,24+/m1/s1. The molecule has 0 aromatic heterocycles. The lowest BCUT2D eigenvalue weighted by molar-refractivity contribution is -0.231. The molecule has 0 bridgehead atoms. The number of nitriles is 1. The number of hydrogen-bond acceptors (Lipinski definition) is 6. The molecule has 1 aliphatic heterocycles. The third kappa shape index (κ3) is 4.89. The van der Waals surface area contributed by atoms with E-state index in [1.165, 1.54) is 5.56 Å². The van der Waals surface area contributed by atoms with Crippen LogP contribution in [0.2, 0.25) is 0 Å². The average Bonchev–Trinajstić information content (AvgIpc) is 2.77. The van der Waals surface area contributed by atoms with Gasteiger partial charge >= 0.3 is 0 Å². The van der Waals surface area contributed by atoms with Crippen molar-refractivity contribution in [2.75, 3.05) is 6.61 Å². The summed E-state index contributed by atoms with van der Waals surface area (Å²) in [5, 5.41) is 49.4. The fourth-order valence-corrected chi connectivity index (χ4v) is 3.85. The van der Waals surface area contributed by atoms with Crippen molar-refractivity contribution in [3.8, 4) is 6.07 Å². The van der Waals surface area contributed by atoms with Gasteiger partial charge in [-0.05, 0) is 47.6 Å². The van der Waals surface area contributed by atoms with Crippen LogP contribution >= 0.6 is 0 Å². The molecule has 1 heterocycles. The zero-order valence-corrected chi connectivity index (χ0v) is 17.1. The highest BCUT2D eigenvalue weighted by atomic mass is 16.5. The van der Waals surface area contributed by atoms with E-state index in [9.17, 15) is 25.7 Å². The van der Waals surface area contributed by atoms with E-state index < -0.39 is 37.1 Å². The summed E-state index contributed by atoms with van der Waals surface area (Å²) in [5.74, 6) is 0. The van der Waals surface area contributed by atoms with Crippen molar-refractivity contribution in [3.63, 3.8) is 0 Å². The highest BCUT2D eigenvalue weighted by Crippen LogP contribution is 2.33. The molecule has 1 saturated heterocycles. The molecule has 3 rings (SSSR count). The van der Waals surface area contributed by atoms with Crippen molar-refractivity contribution < 1.29 is 25.2 Å². The van der Waals surface area contributed by atoms with Gasteiger partial charge in [-0.1, -0.05) is 49.7 Å². The van der Waals surface area contributed by atoms with E-state index in [4.69, 9.17) is 4.74 Å². The van der Waals surface area contributed by atoms with Crippen molar-refractivity contribution in [1.82, 2.24) is 0 Å². The van der Waals surface area contributed by atoms with Gasteiger partial charge in [-0.15, -0.1) is 0 Å². The lowest BCUT2D eigenvalue weighted by atomic mass is 9.89. The van der Waals surface area contributed by atoms with Crippen LogP contribution in [0, 0.1) is 11.3 Å². The Morgan fingerprint density at radius 3 is 2.30 bits per heavy atom. The Balaban J connectivity index is 1.84. The molecule has 160 valence electrons. The van der Waals surface area contributed by atoms with E-state index in [0.29, 0.717) is 17.5 Å². The van der Waals surface area contributed by atoms with E-state index in [-0.39, 0.29) is 0 Å². The lowest BCUT2D eigenvalue weighted by Crippen LogP contribution is -2.55. The SMILES string of the molecule is CCCCc1ccc(Cc2cc([C@@H]3O[C@H](CO)[C@@H](O)C(O)[C@H]3O)ccc2C#N)cc1. The first kappa shape index (κ1) is 22.4. The Labute approximate surface area is 177 Å². The van der Waals surface area contributed by atoms with E-state index in [0.717, 1.165) is 30.4 Å². The minimum atomic E-state index is -1.43. The first-order valence-corrected chi connectivity index (χ1v) is 10.4. The summed E-state index contributed by atoms with van der Waals surface area (Å²) in [6, 6.07) is 15.7. The smallest absolute Gasteiger partial charge is 0.113 e. The van der Waals surface area contributed by atoms with Crippen molar-refractivity contribution in [1.29, 1.82) is 5.26 Å². The predicted octanol–water partition coefficient (Wildman–Crippen LogP) is 2.01. The normalized spacial score (nSPS) is 26.3. The van der Waals surface area contributed by atoms with Crippen molar-refractivity contribution in [2.24, 2.45) is 0 Å². The number of ether oxygens (including phenoxy) is 1. The van der Waals surface area contributed by atoms with Crippen molar-refractivity contribution in [2.45, 2.75) is 63.1 Å².